The summed E-state index contributed by atoms with van der Waals surface area (Å²) in [6.07, 6.45) is 7.78. The van der Waals surface area contributed by atoms with Gasteiger partial charge in [0.15, 0.2) is 5.96 Å². The van der Waals surface area contributed by atoms with Crippen LogP contribution in [0.1, 0.15) is 38.5 Å². The Hall–Kier alpha value is -0.890. The third-order valence-electron chi connectivity index (χ3n) is 6.62. The highest BCUT2D eigenvalue weighted by Gasteiger charge is 2.39. The normalized spacial score (nSPS) is 26.6. The molecule has 7 nitrogen and oxygen atoms in total. The van der Waals surface area contributed by atoms with Gasteiger partial charge in [-0.1, -0.05) is 19.3 Å². The molecular formula is C21H40N4O3. The second kappa shape index (κ2) is 11.3. The molecule has 0 amide bonds. The fourth-order valence-corrected chi connectivity index (χ4v) is 4.98. The summed E-state index contributed by atoms with van der Waals surface area (Å²) < 4.78 is 16.4. The van der Waals surface area contributed by atoms with Crippen molar-refractivity contribution < 1.29 is 14.2 Å². The summed E-state index contributed by atoms with van der Waals surface area (Å²) in [6.45, 7) is 9.10. The van der Waals surface area contributed by atoms with E-state index >= 15 is 0 Å². The van der Waals surface area contributed by atoms with Crippen molar-refractivity contribution in [3.8, 4) is 0 Å². The van der Waals surface area contributed by atoms with Crippen LogP contribution < -0.4 is 5.32 Å². The lowest BCUT2D eigenvalue weighted by Crippen LogP contribution is -2.60. The Balaban J connectivity index is 1.50. The predicted molar refractivity (Wildman–Crippen MR) is 112 cm³/mol. The summed E-state index contributed by atoms with van der Waals surface area (Å²) in [5, 5.41) is 3.75. The second-order valence-electron chi connectivity index (χ2n) is 8.45. The first-order valence-corrected chi connectivity index (χ1v) is 11.1. The highest BCUT2D eigenvalue weighted by molar-refractivity contribution is 5.80. The molecule has 0 aromatic rings. The number of likely N-dealkylation sites (tertiary alicyclic amines) is 1. The van der Waals surface area contributed by atoms with Gasteiger partial charge in [-0.15, -0.1) is 0 Å². The number of rotatable bonds is 8. The fourth-order valence-electron chi connectivity index (χ4n) is 4.98. The molecule has 1 N–H and O–H groups in total. The van der Waals surface area contributed by atoms with Crippen LogP contribution in [-0.2, 0) is 14.2 Å². The van der Waals surface area contributed by atoms with Crippen molar-refractivity contribution in [1.29, 1.82) is 0 Å². The Labute approximate surface area is 170 Å². The molecule has 2 saturated heterocycles. The van der Waals surface area contributed by atoms with Gasteiger partial charge in [0.1, 0.15) is 0 Å². The van der Waals surface area contributed by atoms with Gasteiger partial charge in [0.25, 0.3) is 0 Å². The topological polar surface area (TPSA) is 58.6 Å². The quantitative estimate of drug-likeness (QED) is 0.382. The average Bonchev–Trinajstić information content (AvgIpc) is 3.22. The highest BCUT2D eigenvalue weighted by atomic mass is 16.5. The van der Waals surface area contributed by atoms with E-state index in [0.29, 0.717) is 19.1 Å². The monoisotopic (exact) mass is 396 g/mol. The number of guanidine groups is 1. The molecule has 1 atom stereocenters. The van der Waals surface area contributed by atoms with Crippen LogP contribution in [0.25, 0.3) is 0 Å². The largest absolute Gasteiger partial charge is 0.382 e. The number of nitrogens with zero attached hydrogens (tertiary/aromatic N) is 3. The Morgan fingerprint density at radius 3 is 2.64 bits per heavy atom. The van der Waals surface area contributed by atoms with Crippen molar-refractivity contribution in [2.24, 2.45) is 10.9 Å². The van der Waals surface area contributed by atoms with Crippen molar-refractivity contribution in [1.82, 2.24) is 15.1 Å². The minimum Gasteiger partial charge on any atom is -0.382 e. The van der Waals surface area contributed by atoms with Crippen LogP contribution >= 0.6 is 0 Å². The van der Waals surface area contributed by atoms with E-state index in [0.717, 1.165) is 58.5 Å². The summed E-state index contributed by atoms with van der Waals surface area (Å²) in [6, 6.07) is 0. The number of methoxy groups -OCH3 is 1. The van der Waals surface area contributed by atoms with Crippen LogP contribution in [0.15, 0.2) is 4.99 Å². The lowest BCUT2D eigenvalue weighted by atomic mass is 9.80. The maximum Gasteiger partial charge on any atom is 0.193 e. The molecule has 0 aromatic carbocycles. The maximum atomic E-state index is 5.74. The molecule has 1 aliphatic carbocycles. The lowest BCUT2D eigenvalue weighted by Gasteiger charge is -2.48. The molecule has 162 valence electrons. The Morgan fingerprint density at radius 2 is 1.93 bits per heavy atom. The molecule has 0 spiro atoms. The summed E-state index contributed by atoms with van der Waals surface area (Å²) >= 11 is 0. The van der Waals surface area contributed by atoms with E-state index in [1.807, 2.05) is 7.05 Å². The molecule has 0 aromatic heterocycles. The van der Waals surface area contributed by atoms with Gasteiger partial charge in [-0.2, -0.15) is 0 Å². The second-order valence-corrected chi connectivity index (χ2v) is 8.45. The van der Waals surface area contributed by atoms with Crippen LogP contribution in [0.4, 0.5) is 0 Å². The Morgan fingerprint density at radius 1 is 1.14 bits per heavy atom. The molecule has 3 aliphatic rings. The number of morpholine rings is 1. The number of ether oxygens (including phenoxy) is 3. The molecule has 1 unspecified atom stereocenters. The van der Waals surface area contributed by atoms with Gasteiger partial charge in [0.05, 0.1) is 33.0 Å². The first-order valence-electron chi connectivity index (χ1n) is 11.1. The standard InChI is InChI=1S/C21H40N4O3/c1-22-20(24-9-6-19(16-24)17-28-15-14-26-2)23-18-21(7-4-3-5-8-21)25-10-12-27-13-11-25/h19H,3-18H2,1-2H3,(H,22,23). The van der Waals surface area contributed by atoms with Crippen molar-refractivity contribution in [2.45, 2.75) is 44.1 Å². The number of aliphatic imine (C=N–C) groups is 1. The Bertz CT molecular complexity index is 476. The summed E-state index contributed by atoms with van der Waals surface area (Å²) in [5.74, 6) is 1.64. The van der Waals surface area contributed by atoms with Crippen molar-refractivity contribution in [3.63, 3.8) is 0 Å². The van der Waals surface area contributed by atoms with Crippen LogP contribution in [0.2, 0.25) is 0 Å². The third kappa shape index (κ3) is 5.81. The summed E-state index contributed by atoms with van der Waals surface area (Å²) in [7, 11) is 3.62. The smallest absolute Gasteiger partial charge is 0.193 e. The minimum atomic E-state index is 0.264. The van der Waals surface area contributed by atoms with E-state index in [-0.39, 0.29) is 5.54 Å². The molecule has 2 heterocycles. The zero-order chi connectivity index (χ0) is 19.7. The van der Waals surface area contributed by atoms with E-state index in [4.69, 9.17) is 14.2 Å². The molecule has 3 rings (SSSR count). The molecule has 3 fully saturated rings. The first-order chi connectivity index (χ1) is 13.8. The van der Waals surface area contributed by atoms with Crippen LogP contribution in [0.5, 0.6) is 0 Å². The average molecular weight is 397 g/mol. The van der Waals surface area contributed by atoms with E-state index in [2.05, 4.69) is 20.1 Å². The van der Waals surface area contributed by atoms with Gasteiger partial charge in [-0.25, -0.2) is 0 Å². The van der Waals surface area contributed by atoms with Gasteiger partial charge in [0, 0.05) is 58.3 Å². The van der Waals surface area contributed by atoms with Gasteiger partial charge >= 0.3 is 0 Å². The number of nitrogens with one attached hydrogen (secondary N) is 1. The van der Waals surface area contributed by atoms with E-state index in [1.165, 1.54) is 38.5 Å². The van der Waals surface area contributed by atoms with Crippen LogP contribution in [-0.4, -0.2) is 101 Å². The predicted octanol–water partition coefficient (Wildman–Crippen LogP) is 1.58. The molecule has 0 radical (unpaired) electrons. The van der Waals surface area contributed by atoms with Crippen LogP contribution in [0, 0.1) is 5.92 Å². The first kappa shape index (κ1) is 21.8. The minimum absolute atomic E-state index is 0.264. The maximum absolute atomic E-state index is 5.74. The molecule has 0 bridgehead atoms. The summed E-state index contributed by atoms with van der Waals surface area (Å²) in [5.41, 5.74) is 0.264. The third-order valence-corrected chi connectivity index (χ3v) is 6.62. The van der Waals surface area contributed by atoms with E-state index in [9.17, 15) is 0 Å². The van der Waals surface area contributed by atoms with E-state index < -0.39 is 0 Å². The SMILES string of the molecule is CN=C(NCC1(N2CCOCC2)CCCCC1)N1CCC(COCCOC)C1. The molecular weight excluding hydrogens is 356 g/mol. The van der Waals surface area contributed by atoms with Gasteiger partial charge in [-0.05, 0) is 19.3 Å². The van der Waals surface area contributed by atoms with Gasteiger partial charge in [0.2, 0.25) is 0 Å². The number of hydrogen-bond acceptors (Lipinski definition) is 5. The molecule has 1 saturated carbocycles. The molecule has 7 heteroatoms. The zero-order valence-corrected chi connectivity index (χ0v) is 18.0. The summed E-state index contributed by atoms with van der Waals surface area (Å²) in [4.78, 5) is 9.69. The van der Waals surface area contributed by atoms with Crippen molar-refractivity contribution in [3.05, 3.63) is 0 Å². The van der Waals surface area contributed by atoms with Gasteiger partial charge in [-0.3, -0.25) is 9.89 Å². The van der Waals surface area contributed by atoms with E-state index in [1.54, 1.807) is 7.11 Å². The van der Waals surface area contributed by atoms with Crippen LogP contribution in [0.3, 0.4) is 0 Å². The number of hydrogen-bond donors (Lipinski definition) is 1. The highest BCUT2D eigenvalue weighted by Crippen LogP contribution is 2.34. The Kier molecular flexibility index (Phi) is 8.83. The lowest BCUT2D eigenvalue weighted by molar-refractivity contribution is -0.0354. The van der Waals surface area contributed by atoms with Gasteiger partial charge < -0.3 is 24.4 Å². The fraction of sp³-hybridized carbons (Fsp3) is 0.952. The molecule has 28 heavy (non-hydrogen) atoms. The molecule has 2 aliphatic heterocycles. The zero-order valence-electron chi connectivity index (χ0n) is 18.0. The van der Waals surface area contributed by atoms with Crippen molar-refractivity contribution >= 4 is 5.96 Å². The van der Waals surface area contributed by atoms with Crippen molar-refractivity contribution in [2.75, 3.05) is 79.9 Å².